The van der Waals surface area contributed by atoms with Crippen LogP contribution in [-0.4, -0.2) is 26.5 Å². The molecule has 5 aromatic rings. The molecule has 0 spiro atoms. The number of rotatable bonds is 6. The van der Waals surface area contributed by atoms with Crippen LogP contribution in [-0.2, 0) is 6.42 Å². The number of halogens is 1. The lowest BCUT2D eigenvalue weighted by molar-refractivity contribution is 0.311. The molecule has 0 unspecified atom stereocenters. The van der Waals surface area contributed by atoms with Gasteiger partial charge in [-0.2, -0.15) is 0 Å². The van der Waals surface area contributed by atoms with E-state index in [-0.39, 0.29) is 18.0 Å². The zero-order chi connectivity index (χ0) is 21.2. The van der Waals surface area contributed by atoms with Crippen LogP contribution in [0, 0.1) is 6.92 Å². The number of H-pyrrole nitrogens is 1. The number of fused-ring (bicyclic) bond motifs is 2. The van der Waals surface area contributed by atoms with Crippen molar-refractivity contribution < 1.29 is 4.74 Å². The fourth-order valence-electron chi connectivity index (χ4n) is 3.55. The van der Waals surface area contributed by atoms with Gasteiger partial charge in [-0.25, -0.2) is 4.98 Å². The molecule has 162 valence electrons. The van der Waals surface area contributed by atoms with Gasteiger partial charge in [-0.1, -0.05) is 0 Å². The van der Waals surface area contributed by atoms with E-state index in [1.54, 1.807) is 17.4 Å². The molecule has 5 rings (SSSR count). The Bertz CT molecular complexity index is 1450. The molecular formula is C24H21ClN4O2S. The van der Waals surface area contributed by atoms with Gasteiger partial charge >= 0.3 is 0 Å². The van der Waals surface area contributed by atoms with E-state index in [0.29, 0.717) is 34.8 Å². The first-order valence-electron chi connectivity index (χ1n) is 10.1. The summed E-state index contributed by atoms with van der Waals surface area (Å²) in [5.74, 6) is 1.13. The highest BCUT2D eigenvalue weighted by Gasteiger charge is 2.09. The summed E-state index contributed by atoms with van der Waals surface area (Å²) in [7, 11) is 0. The summed E-state index contributed by atoms with van der Waals surface area (Å²) in [4.78, 5) is 28.8. The Labute approximate surface area is 194 Å². The van der Waals surface area contributed by atoms with Crippen LogP contribution in [0.5, 0.6) is 5.75 Å². The van der Waals surface area contributed by atoms with Crippen LogP contribution in [0.15, 0.2) is 65.0 Å². The summed E-state index contributed by atoms with van der Waals surface area (Å²) in [5, 5.41) is 3.61. The average molecular weight is 465 g/mol. The highest BCUT2D eigenvalue weighted by molar-refractivity contribution is 7.17. The summed E-state index contributed by atoms with van der Waals surface area (Å²) in [6.07, 6.45) is 5.44. The molecule has 4 aromatic heterocycles. The second-order valence-corrected chi connectivity index (χ2v) is 8.33. The zero-order valence-corrected chi connectivity index (χ0v) is 19.0. The van der Waals surface area contributed by atoms with Crippen molar-refractivity contribution in [3.8, 4) is 17.3 Å². The Morgan fingerprint density at radius 3 is 2.88 bits per heavy atom. The van der Waals surface area contributed by atoms with Crippen LogP contribution >= 0.6 is 23.7 Å². The summed E-state index contributed by atoms with van der Waals surface area (Å²) < 4.78 is 6.97. The van der Waals surface area contributed by atoms with Gasteiger partial charge in [-0.15, -0.1) is 23.7 Å². The van der Waals surface area contributed by atoms with E-state index < -0.39 is 0 Å². The standard InChI is InChI=1S/C24H20N4O2S.ClH/c1-15-11-16(6-8-25-15)3-2-9-30-18-4-5-20-19(13-18)24(29)28-23(27-20)21-12-17-7-10-31-22(17)14-26-21;/h4-8,10-14H,2-3,9H2,1H3,(H,27,28,29);1H. The third-order valence-electron chi connectivity index (χ3n) is 5.10. The quantitative estimate of drug-likeness (QED) is 0.343. The SMILES string of the molecule is Cc1cc(CCCOc2ccc3nc(-c4cc5ccsc5cn4)[nH]c(=O)c3c2)ccn1.Cl. The third kappa shape index (κ3) is 4.64. The fraction of sp³-hybridized carbons (Fsp3) is 0.167. The van der Waals surface area contributed by atoms with Crippen LogP contribution in [0.25, 0.3) is 32.5 Å². The van der Waals surface area contributed by atoms with Gasteiger partial charge in [-0.3, -0.25) is 14.8 Å². The normalized spacial score (nSPS) is 10.9. The molecule has 0 aliphatic heterocycles. The molecule has 32 heavy (non-hydrogen) atoms. The first-order chi connectivity index (χ1) is 15.2. The number of thiophene rings is 1. The van der Waals surface area contributed by atoms with Crippen molar-refractivity contribution in [1.29, 1.82) is 0 Å². The molecule has 1 aromatic carbocycles. The molecule has 6 nitrogen and oxygen atoms in total. The molecule has 0 bridgehead atoms. The maximum Gasteiger partial charge on any atom is 0.259 e. The minimum atomic E-state index is -0.204. The molecule has 8 heteroatoms. The minimum Gasteiger partial charge on any atom is -0.494 e. The van der Waals surface area contributed by atoms with Crippen LogP contribution in [0.3, 0.4) is 0 Å². The van der Waals surface area contributed by atoms with E-state index >= 15 is 0 Å². The van der Waals surface area contributed by atoms with Crippen molar-refractivity contribution in [3.05, 3.63) is 81.8 Å². The van der Waals surface area contributed by atoms with Crippen LogP contribution in [0.4, 0.5) is 0 Å². The maximum atomic E-state index is 12.7. The van der Waals surface area contributed by atoms with Crippen molar-refractivity contribution in [3.63, 3.8) is 0 Å². The second kappa shape index (κ2) is 9.46. The lowest BCUT2D eigenvalue weighted by atomic mass is 10.1. The summed E-state index contributed by atoms with van der Waals surface area (Å²) >= 11 is 1.63. The molecule has 0 amide bonds. The molecule has 0 radical (unpaired) electrons. The summed E-state index contributed by atoms with van der Waals surface area (Å²) in [6.45, 7) is 2.56. The predicted molar refractivity (Wildman–Crippen MR) is 131 cm³/mol. The monoisotopic (exact) mass is 464 g/mol. The molecule has 0 saturated carbocycles. The number of nitrogens with one attached hydrogen (secondary N) is 1. The lowest BCUT2D eigenvalue weighted by Crippen LogP contribution is -2.10. The number of hydrogen-bond acceptors (Lipinski definition) is 6. The van der Waals surface area contributed by atoms with Crippen molar-refractivity contribution in [2.24, 2.45) is 0 Å². The average Bonchev–Trinajstić information content (AvgIpc) is 3.25. The Hall–Kier alpha value is -3.29. The molecule has 0 saturated heterocycles. The number of nitrogens with zero attached hydrogens (tertiary/aromatic N) is 3. The molecule has 1 N–H and O–H groups in total. The van der Waals surface area contributed by atoms with E-state index in [2.05, 4.69) is 26.0 Å². The van der Waals surface area contributed by atoms with Crippen molar-refractivity contribution in [1.82, 2.24) is 19.9 Å². The predicted octanol–water partition coefficient (Wildman–Crippen LogP) is 5.34. The molecular weight excluding hydrogens is 444 g/mol. The zero-order valence-electron chi connectivity index (χ0n) is 17.4. The van der Waals surface area contributed by atoms with Gasteiger partial charge in [0.25, 0.3) is 5.56 Å². The number of ether oxygens (including phenoxy) is 1. The van der Waals surface area contributed by atoms with Gasteiger partial charge in [0, 0.05) is 18.1 Å². The number of hydrogen-bond donors (Lipinski definition) is 1. The molecule has 4 heterocycles. The number of aromatic amines is 1. The topological polar surface area (TPSA) is 80.8 Å². The molecule has 0 aliphatic rings. The van der Waals surface area contributed by atoms with Crippen LogP contribution in [0.2, 0.25) is 0 Å². The first-order valence-corrected chi connectivity index (χ1v) is 11.0. The highest BCUT2D eigenvalue weighted by atomic mass is 35.5. The van der Waals surface area contributed by atoms with Gasteiger partial charge in [0.05, 0.1) is 22.2 Å². The van der Waals surface area contributed by atoms with Crippen molar-refractivity contribution in [2.45, 2.75) is 19.8 Å². The van der Waals surface area contributed by atoms with E-state index in [4.69, 9.17) is 4.74 Å². The molecule has 0 fully saturated rings. The number of benzene rings is 1. The fourth-order valence-corrected chi connectivity index (χ4v) is 4.29. The minimum absolute atomic E-state index is 0. The van der Waals surface area contributed by atoms with Gasteiger partial charge in [-0.05, 0) is 78.6 Å². The van der Waals surface area contributed by atoms with Crippen LogP contribution < -0.4 is 10.3 Å². The number of aromatic nitrogens is 4. The maximum absolute atomic E-state index is 12.7. The van der Waals surface area contributed by atoms with Crippen LogP contribution in [0.1, 0.15) is 17.7 Å². The summed E-state index contributed by atoms with van der Waals surface area (Å²) in [5.41, 5.74) is 3.33. The van der Waals surface area contributed by atoms with Gasteiger partial charge in [0.15, 0.2) is 5.82 Å². The Kier molecular flexibility index (Phi) is 6.48. The van der Waals surface area contributed by atoms with Gasteiger partial charge in [0.2, 0.25) is 0 Å². The Morgan fingerprint density at radius 2 is 2.00 bits per heavy atom. The van der Waals surface area contributed by atoms with Gasteiger partial charge in [0.1, 0.15) is 11.4 Å². The molecule has 0 atom stereocenters. The lowest BCUT2D eigenvalue weighted by Gasteiger charge is -2.08. The largest absolute Gasteiger partial charge is 0.494 e. The van der Waals surface area contributed by atoms with E-state index in [9.17, 15) is 4.79 Å². The summed E-state index contributed by atoms with van der Waals surface area (Å²) in [6, 6.07) is 13.5. The van der Waals surface area contributed by atoms with Crippen molar-refractivity contribution in [2.75, 3.05) is 6.61 Å². The smallest absolute Gasteiger partial charge is 0.259 e. The van der Waals surface area contributed by atoms with E-state index in [0.717, 1.165) is 28.6 Å². The highest BCUT2D eigenvalue weighted by Crippen LogP contribution is 2.24. The Balaban J connectivity index is 0.00000245. The van der Waals surface area contributed by atoms with E-state index in [1.165, 1.54) is 5.56 Å². The second-order valence-electron chi connectivity index (χ2n) is 7.38. The third-order valence-corrected chi connectivity index (χ3v) is 5.97. The number of aryl methyl sites for hydroxylation is 2. The van der Waals surface area contributed by atoms with Gasteiger partial charge < -0.3 is 9.72 Å². The first kappa shape index (κ1) is 21.9. The molecule has 0 aliphatic carbocycles. The van der Waals surface area contributed by atoms with Crippen molar-refractivity contribution >= 4 is 44.7 Å². The number of pyridine rings is 2. The Morgan fingerprint density at radius 1 is 1.09 bits per heavy atom. The van der Waals surface area contributed by atoms with E-state index in [1.807, 2.05) is 55.0 Å².